The van der Waals surface area contributed by atoms with Crippen molar-refractivity contribution in [1.29, 1.82) is 5.26 Å². The number of nitriles is 1. The molecule has 84 valence electrons. The van der Waals surface area contributed by atoms with Gasteiger partial charge in [0.15, 0.2) is 0 Å². The first kappa shape index (κ1) is 11.3. The number of hydrogen-bond donors (Lipinski definition) is 0. The molecule has 2 heteroatoms. The minimum atomic E-state index is 0.417. The summed E-state index contributed by atoms with van der Waals surface area (Å²) in [5.74, 6) is 0. The van der Waals surface area contributed by atoms with Gasteiger partial charge in [-0.25, -0.2) is 0 Å². The molecule has 0 atom stereocenters. The maximum Gasteiger partial charge on any atom is 0.0702 e. The van der Waals surface area contributed by atoms with Crippen molar-refractivity contribution >= 4 is 0 Å². The third kappa shape index (κ3) is 2.70. The van der Waals surface area contributed by atoms with Crippen LogP contribution in [0.25, 0.3) is 11.3 Å². The first-order valence-electron chi connectivity index (χ1n) is 5.59. The van der Waals surface area contributed by atoms with Gasteiger partial charge in [0.05, 0.1) is 18.2 Å². The molecular weight excluding hydrogens is 208 g/mol. The summed E-state index contributed by atoms with van der Waals surface area (Å²) in [5.41, 5.74) is 5.52. The van der Waals surface area contributed by atoms with Crippen molar-refractivity contribution in [3.05, 3.63) is 53.2 Å². The number of rotatable bonds is 2. The Morgan fingerprint density at radius 1 is 1.12 bits per heavy atom. The number of benzene rings is 1. The topological polar surface area (TPSA) is 36.7 Å². The Bertz CT molecular complexity index is 542. The fourth-order valence-electron chi connectivity index (χ4n) is 1.91. The van der Waals surface area contributed by atoms with Crippen molar-refractivity contribution in [2.24, 2.45) is 0 Å². The summed E-state index contributed by atoms with van der Waals surface area (Å²) in [5, 5.41) is 8.60. The van der Waals surface area contributed by atoms with Crippen LogP contribution in [0, 0.1) is 25.2 Å². The Balaban J connectivity index is 2.36. The second kappa shape index (κ2) is 4.80. The maximum atomic E-state index is 8.60. The van der Waals surface area contributed by atoms with E-state index in [4.69, 9.17) is 5.26 Å². The minimum absolute atomic E-state index is 0.417. The van der Waals surface area contributed by atoms with Gasteiger partial charge in [0.25, 0.3) is 0 Å². The van der Waals surface area contributed by atoms with Crippen LogP contribution in [0.2, 0.25) is 0 Å². The quantitative estimate of drug-likeness (QED) is 0.780. The Hall–Kier alpha value is -2.14. The molecule has 0 radical (unpaired) electrons. The monoisotopic (exact) mass is 222 g/mol. The van der Waals surface area contributed by atoms with Crippen LogP contribution in [0.4, 0.5) is 0 Å². The molecule has 0 saturated heterocycles. The molecule has 0 amide bonds. The second-order valence-corrected chi connectivity index (χ2v) is 4.26. The van der Waals surface area contributed by atoms with E-state index in [-0.39, 0.29) is 0 Å². The van der Waals surface area contributed by atoms with Gasteiger partial charge in [-0.1, -0.05) is 23.3 Å². The van der Waals surface area contributed by atoms with E-state index in [9.17, 15) is 0 Å². The van der Waals surface area contributed by atoms with Crippen molar-refractivity contribution in [3.63, 3.8) is 0 Å². The molecule has 0 bridgehead atoms. The summed E-state index contributed by atoms with van der Waals surface area (Å²) in [6.45, 7) is 4.17. The number of hydrogen-bond acceptors (Lipinski definition) is 2. The molecule has 0 spiro atoms. The predicted octanol–water partition coefficient (Wildman–Crippen LogP) is 3.43. The van der Waals surface area contributed by atoms with Crippen LogP contribution in [-0.4, -0.2) is 4.98 Å². The summed E-state index contributed by atoms with van der Waals surface area (Å²) in [6.07, 6.45) is 2.19. The van der Waals surface area contributed by atoms with Crippen molar-refractivity contribution in [3.8, 4) is 17.3 Å². The lowest BCUT2D eigenvalue weighted by Gasteiger charge is -2.05. The average molecular weight is 222 g/mol. The molecule has 0 N–H and O–H groups in total. The van der Waals surface area contributed by atoms with Crippen molar-refractivity contribution < 1.29 is 0 Å². The van der Waals surface area contributed by atoms with Gasteiger partial charge in [-0.2, -0.15) is 5.26 Å². The van der Waals surface area contributed by atoms with E-state index in [1.807, 2.05) is 12.1 Å². The van der Waals surface area contributed by atoms with E-state index in [0.717, 1.165) is 16.8 Å². The molecule has 0 fully saturated rings. The van der Waals surface area contributed by atoms with Crippen LogP contribution < -0.4 is 0 Å². The molecule has 1 heterocycles. The third-order valence-corrected chi connectivity index (χ3v) is 2.63. The van der Waals surface area contributed by atoms with Crippen LogP contribution in [0.15, 0.2) is 36.5 Å². The molecule has 0 saturated carbocycles. The van der Waals surface area contributed by atoms with E-state index in [0.29, 0.717) is 6.42 Å². The van der Waals surface area contributed by atoms with Crippen molar-refractivity contribution in [2.75, 3.05) is 0 Å². The number of aryl methyl sites for hydroxylation is 2. The lowest BCUT2D eigenvalue weighted by molar-refractivity contribution is 1.19. The average Bonchev–Trinajstić information content (AvgIpc) is 2.29. The van der Waals surface area contributed by atoms with Crippen LogP contribution in [0.5, 0.6) is 0 Å². The van der Waals surface area contributed by atoms with Gasteiger partial charge in [0, 0.05) is 11.8 Å². The van der Waals surface area contributed by atoms with Crippen LogP contribution in [0.3, 0.4) is 0 Å². The van der Waals surface area contributed by atoms with Crippen LogP contribution in [0.1, 0.15) is 16.7 Å². The summed E-state index contributed by atoms with van der Waals surface area (Å²) in [4.78, 5) is 4.40. The van der Waals surface area contributed by atoms with Gasteiger partial charge < -0.3 is 0 Å². The molecule has 2 aromatic rings. The Labute approximate surface area is 102 Å². The molecule has 0 aliphatic rings. The number of aromatic nitrogens is 1. The summed E-state index contributed by atoms with van der Waals surface area (Å²) in [7, 11) is 0. The van der Waals surface area contributed by atoms with Crippen LogP contribution in [-0.2, 0) is 6.42 Å². The van der Waals surface area contributed by atoms with Gasteiger partial charge in [0.2, 0.25) is 0 Å². The van der Waals surface area contributed by atoms with E-state index >= 15 is 0 Å². The Morgan fingerprint density at radius 2 is 1.82 bits per heavy atom. The molecule has 1 aromatic heterocycles. The van der Waals surface area contributed by atoms with E-state index in [2.05, 4.69) is 43.1 Å². The van der Waals surface area contributed by atoms with Crippen molar-refractivity contribution in [2.45, 2.75) is 20.3 Å². The highest BCUT2D eigenvalue weighted by atomic mass is 14.7. The molecular formula is C15H14N2. The number of pyridine rings is 1. The van der Waals surface area contributed by atoms with Gasteiger partial charge in [0.1, 0.15) is 0 Å². The van der Waals surface area contributed by atoms with Crippen molar-refractivity contribution in [1.82, 2.24) is 4.98 Å². The SMILES string of the molecule is Cc1cc(C)cc(-c2ccc(CC#N)cn2)c1. The summed E-state index contributed by atoms with van der Waals surface area (Å²) < 4.78 is 0. The molecule has 0 aliphatic heterocycles. The minimum Gasteiger partial charge on any atom is -0.256 e. The third-order valence-electron chi connectivity index (χ3n) is 2.63. The van der Waals surface area contributed by atoms with Gasteiger partial charge in [-0.15, -0.1) is 0 Å². The normalized spacial score (nSPS) is 9.94. The molecule has 2 nitrogen and oxygen atoms in total. The lowest BCUT2D eigenvalue weighted by atomic mass is 10.0. The molecule has 17 heavy (non-hydrogen) atoms. The second-order valence-electron chi connectivity index (χ2n) is 4.26. The zero-order chi connectivity index (χ0) is 12.3. The smallest absolute Gasteiger partial charge is 0.0702 e. The largest absolute Gasteiger partial charge is 0.256 e. The van der Waals surface area contributed by atoms with E-state index < -0.39 is 0 Å². The molecule has 0 aliphatic carbocycles. The maximum absolute atomic E-state index is 8.60. The van der Waals surface area contributed by atoms with Crippen LogP contribution >= 0.6 is 0 Å². The standard InChI is InChI=1S/C15H14N2/c1-11-7-12(2)9-14(8-11)15-4-3-13(5-6-16)10-17-15/h3-4,7-10H,5H2,1-2H3. The highest BCUT2D eigenvalue weighted by Gasteiger charge is 2.01. The predicted molar refractivity (Wildman–Crippen MR) is 68.5 cm³/mol. The summed E-state index contributed by atoms with van der Waals surface area (Å²) >= 11 is 0. The first-order chi connectivity index (χ1) is 8.19. The highest BCUT2D eigenvalue weighted by Crippen LogP contribution is 2.20. The van der Waals surface area contributed by atoms with Gasteiger partial charge in [-0.3, -0.25) is 4.98 Å². The van der Waals surface area contributed by atoms with E-state index in [1.54, 1.807) is 6.20 Å². The first-order valence-corrected chi connectivity index (χ1v) is 5.59. The fourth-order valence-corrected chi connectivity index (χ4v) is 1.91. The van der Waals surface area contributed by atoms with Gasteiger partial charge in [-0.05, 0) is 37.6 Å². The van der Waals surface area contributed by atoms with Gasteiger partial charge >= 0.3 is 0 Å². The molecule has 1 aromatic carbocycles. The summed E-state index contributed by atoms with van der Waals surface area (Å²) in [6, 6.07) is 12.5. The number of nitrogens with zero attached hydrogens (tertiary/aromatic N) is 2. The zero-order valence-corrected chi connectivity index (χ0v) is 10.1. The lowest BCUT2D eigenvalue weighted by Crippen LogP contribution is -1.88. The fraction of sp³-hybridized carbons (Fsp3) is 0.200. The highest BCUT2D eigenvalue weighted by molar-refractivity contribution is 5.61. The van der Waals surface area contributed by atoms with E-state index in [1.165, 1.54) is 11.1 Å². The Morgan fingerprint density at radius 3 is 2.35 bits per heavy atom. The Kier molecular flexibility index (Phi) is 3.20. The molecule has 2 rings (SSSR count). The zero-order valence-electron chi connectivity index (χ0n) is 10.1. The molecule has 0 unspecified atom stereocenters.